The van der Waals surface area contributed by atoms with Crippen molar-refractivity contribution in [1.29, 1.82) is 0 Å². The molecule has 0 spiro atoms. The van der Waals surface area contributed by atoms with E-state index in [9.17, 15) is 9.18 Å². The van der Waals surface area contributed by atoms with E-state index in [1.165, 1.54) is 18.2 Å². The summed E-state index contributed by atoms with van der Waals surface area (Å²) in [5.74, 6) is -0.178. The van der Waals surface area contributed by atoms with Crippen LogP contribution in [0.1, 0.15) is 32.6 Å². The molecular formula is C16H23FN2O3. The van der Waals surface area contributed by atoms with Crippen LogP contribution in [0.15, 0.2) is 18.2 Å². The van der Waals surface area contributed by atoms with Crippen LogP contribution in [0, 0.1) is 5.82 Å². The Labute approximate surface area is 130 Å². The number of rotatable bonds is 7. The smallest absolute Gasteiger partial charge is 0.224 e. The van der Waals surface area contributed by atoms with Gasteiger partial charge in [-0.3, -0.25) is 4.79 Å². The van der Waals surface area contributed by atoms with E-state index in [0.29, 0.717) is 30.9 Å². The largest absolute Gasteiger partial charge is 0.489 e. The minimum absolute atomic E-state index is 0.0477. The quantitative estimate of drug-likeness (QED) is 0.811. The Kier molecular flexibility index (Phi) is 6.15. The summed E-state index contributed by atoms with van der Waals surface area (Å²) in [5.41, 5.74) is 5.97. The molecule has 1 aromatic carbocycles. The van der Waals surface area contributed by atoms with E-state index in [1.807, 2.05) is 6.92 Å². The fraction of sp³-hybridized carbons (Fsp3) is 0.562. The number of hydrogen-bond acceptors (Lipinski definition) is 4. The number of benzene rings is 1. The number of halogens is 1. The summed E-state index contributed by atoms with van der Waals surface area (Å²) < 4.78 is 24.6. The highest BCUT2D eigenvalue weighted by Crippen LogP contribution is 2.26. The monoisotopic (exact) mass is 310 g/mol. The van der Waals surface area contributed by atoms with E-state index in [0.717, 1.165) is 19.4 Å². The topological polar surface area (TPSA) is 73.6 Å². The third-order valence-corrected chi connectivity index (χ3v) is 3.49. The second-order valence-corrected chi connectivity index (χ2v) is 5.65. The Bertz CT molecular complexity index is 502. The van der Waals surface area contributed by atoms with Crippen molar-refractivity contribution in [2.45, 2.75) is 44.8 Å². The predicted molar refractivity (Wildman–Crippen MR) is 82.4 cm³/mol. The number of carbonyl (C=O) groups excluding carboxylic acids is 1. The normalized spacial score (nSPS) is 19.0. The van der Waals surface area contributed by atoms with E-state index in [-0.39, 0.29) is 18.1 Å². The minimum Gasteiger partial charge on any atom is -0.489 e. The van der Waals surface area contributed by atoms with Crippen LogP contribution in [-0.2, 0) is 9.53 Å². The summed E-state index contributed by atoms with van der Waals surface area (Å²) in [6, 6.07) is 4.04. The Morgan fingerprint density at radius 2 is 2.41 bits per heavy atom. The molecule has 2 atom stereocenters. The molecular weight excluding hydrogens is 287 g/mol. The number of nitrogens with two attached hydrogens (primary N) is 1. The first-order valence-corrected chi connectivity index (χ1v) is 7.64. The summed E-state index contributed by atoms with van der Waals surface area (Å²) in [6.45, 7) is 2.98. The first-order valence-electron chi connectivity index (χ1n) is 7.64. The zero-order valence-electron chi connectivity index (χ0n) is 12.8. The van der Waals surface area contributed by atoms with Crippen molar-refractivity contribution in [1.82, 2.24) is 0 Å². The highest BCUT2D eigenvalue weighted by atomic mass is 19.1. The van der Waals surface area contributed by atoms with Crippen molar-refractivity contribution in [3.8, 4) is 5.75 Å². The Morgan fingerprint density at radius 3 is 3.09 bits per heavy atom. The van der Waals surface area contributed by atoms with Gasteiger partial charge in [0.2, 0.25) is 5.91 Å². The van der Waals surface area contributed by atoms with Gasteiger partial charge in [0.15, 0.2) is 0 Å². The zero-order chi connectivity index (χ0) is 15.9. The maximum Gasteiger partial charge on any atom is 0.224 e. The van der Waals surface area contributed by atoms with Gasteiger partial charge in [-0.05, 0) is 38.3 Å². The molecule has 1 aromatic rings. The van der Waals surface area contributed by atoms with Crippen LogP contribution in [0.2, 0.25) is 0 Å². The molecule has 1 aliphatic rings. The van der Waals surface area contributed by atoms with Crippen molar-refractivity contribution < 1.29 is 18.7 Å². The van der Waals surface area contributed by atoms with E-state index >= 15 is 0 Å². The molecule has 0 aliphatic carbocycles. The maximum absolute atomic E-state index is 13.4. The van der Waals surface area contributed by atoms with Gasteiger partial charge in [0, 0.05) is 25.1 Å². The molecule has 2 unspecified atom stereocenters. The van der Waals surface area contributed by atoms with Crippen LogP contribution in [0.25, 0.3) is 0 Å². The van der Waals surface area contributed by atoms with Gasteiger partial charge in [-0.15, -0.1) is 0 Å². The lowest BCUT2D eigenvalue weighted by Gasteiger charge is -2.15. The van der Waals surface area contributed by atoms with Crippen molar-refractivity contribution >= 4 is 11.6 Å². The zero-order valence-corrected chi connectivity index (χ0v) is 12.8. The molecule has 1 saturated heterocycles. The number of hydrogen-bond donors (Lipinski definition) is 2. The molecule has 1 fully saturated rings. The molecule has 22 heavy (non-hydrogen) atoms. The van der Waals surface area contributed by atoms with Crippen LogP contribution in [0.5, 0.6) is 5.75 Å². The lowest BCUT2D eigenvalue weighted by Crippen LogP contribution is -2.20. The predicted octanol–water partition coefficient (Wildman–Crippen LogP) is 2.45. The molecule has 122 valence electrons. The molecule has 0 saturated carbocycles. The van der Waals surface area contributed by atoms with Gasteiger partial charge >= 0.3 is 0 Å². The maximum atomic E-state index is 13.4. The van der Waals surface area contributed by atoms with Crippen molar-refractivity contribution in [3.63, 3.8) is 0 Å². The van der Waals surface area contributed by atoms with E-state index in [4.69, 9.17) is 15.2 Å². The molecule has 0 aromatic heterocycles. The Hall–Kier alpha value is -1.66. The van der Waals surface area contributed by atoms with Gasteiger partial charge in [-0.25, -0.2) is 4.39 Å². The van der Waals surface area contributed by atoms with E-state index in [1.54, 1.807) is 0 Å². The highest BCUT2D eigenvalue weighted by Gasteiger charge is 2.17. The fourth-order valence-corrected chi connectivity index (χ4v) is 2.26. The average molecular weight is 310 g/mol. The third-order valence-electron chi connectivity index (χ3n) is 3.49. The Morgan fingerprint density at radius 1 is 1.59 bits per heavy atom. The van der Waals surface area contributed by atoms with Gasteiger partial charge in [-0.2, -0.15) is 0 Å². The molecule has 6 heteroatoms. The van der Waals surface area contributed by atoms with Crippen molar-refractivity contribution in [3.05, 3.63) is 24.0 Å². The average Bonchev–Trinajstić information content (AvgIpc) is 2.97. The molecule has 3 N–H and O–H groups in total. The van der Waals surface area contributed by atoms with Crippen molar-refractivity contribution in [2.24, 2.45) is 5.73 Å². The number of amides is 1. The van der Waals surface area contributed by atoms with Crippen LogP contribution >= 0.6 is 0 Å². The minimum atomic E-state index is -0.424. The van der Waals surface area contributed by atoms with Gasteiger partial charge in [0.25, 0.3) is 0 Å². The lowest BCUT2D eigenvalue weighted by molar-refractivity contribution is -0.116. The Balaban J connectivity index is 1.95. The number of anilines is 1. The molecule has 1 aliphatic heterocycles. The molecule has 5 nitrogen and oxygen atoms in total. The third kappa shape index (κ3) is 5.27. The molecule has 0 radical (unpaired) electrons. The van der Waals surface area contributed by atoms with E-state index < -0.39 is 5.82 Å². The number of nitrogens with one attached hydrogen (secondary N) is 1. The van der Waals surface area contributed by atoms with Gasteiger partial charge in [0.05, 0.1) is 11.8 Å². The summed E-state index contributed by atoms with van der Waals surface area (Å²) in [7, 11) is 0. The second-order valence-electron chi connectivity index (χ2n) is 5.65. The van der Waals surface area contributed by atoms with Gasteiger partial charge < -0.3 is 20.5 Å². The van der Waals surface area contributed by atoms with E-state index in [2.05, 4.69) is 5.32 Å². The first-order chi connectivity index (χ1) is 10.5. The molecule has 1 heterocycles. The van der Waals surface area contributed by atoms with Crippen LogP contribution < -0.4 is 15.8 Å². The second kappa shape index (κ2) is 8.10. The number of carbonyl (C=O) groups is 1. The van der Waals surface area contributed by atoms with Crippen LogP contribution in [-0.4, -0.2) is 31.3 Å². The van der Waals surface area contributed by atoms with Gasteiger partial charge in [-0.1, -0.05) is 0 Å². The molecule has 1 amide bonds. The standard InChI is InChI=1S/C16H23FN2O3/c1-11(18)4-7-16(20)19-14-9-12(17)5-6-15(14)22-10-13-3-2-8-21-13/h5-6,9,11,13H,2-4,7-8,10,18H2,1H3,(H,19,20). The molecule has 2 rings (SSSR count). The van der Waals surface area contributed by atoms with Crippen LogP contribution in [0.4, 0.5) is 10.1 Å². The highest BCUT2D eigenvalue weighted by molar-refractivity contribution is 5.92. The number of ether oxygens (including phenoxy) is 2. The van der Waals surface area contributed by atoms with Crippen LogP contribution in [0.3, 0.4) is 0 Å². The van der Waals surface area contributed by atoms with Crippen molar-refractivity contribution in [2.75, 3.05) is 18.5 Å². The SMILES string of the molecule is CC(N)CCC(=O)Nc1cc(F)ccc1OCC1CCCO1. The summed E-state index contributed by atoms with van der Waals surface area (Å²) in [5, 5.41) is 2.68. The lowest BCUT2D eigenvalue weighted by atomic mass is 10.2. The van der Waals surface area contributed by atoms with Gasteiger partial charge in [0.1, 0.15) is 18.2 Å². The first kappa shape index (κ1) is 16.7. The summed E-state index contributed by atoms with van der Waals surface area (Å²) in [4.78, 5) is 11.9. The summed E-state index contributed by atoms with van der Waals surface area (Å²) >= 11 is 0. The summed E-state index contributed by atoms with van der Waals surface area (Å²) in [6.07, 6.45) is 2.91. The molecule has 0 bridgehead atoms. The fourth-order valence-electron chi connectivity index (χ4n) is 2.26.